The van der Waals surface area contributed by atoms with Gasteiger partial charge in [-0.25, -0.2) is 13.4 Å². The summed E-state index contributed by atoms with van der Waals surface area (Å²) in [6, 6.07) is 8.55. The summed E-state index contributed by atoms with van der Waals surface area (Å²) in [7, 11) is -3.23. The molecule has 1 aromatic carbocycles. The standard InChI is InChI=1S/C20H17BrN4O2S/c1-28(26,27)16-10-8-15(9-11-16)23-19-12-18(14-6-4-2-3-5-7-14)24-20-17(21)13-22-25(19)20/h2,4-13,23H,3H2,1H3. The minimum absolute atomic E-state index is 0.279. The van der Waals surface area contributed by atoms with Crippen LogP contribution >= 0.6 is 15.9 Å². The van der Waals surface area contributed by atoms with E-state index in [0.29, 0.717) is 5.65 Å². The van der Waals surface area contributed by atoms with E-state index < -0.39 is 9.84 Å². The summed E-state index contributed by atoms with van der Waals surface area (Å²) in [4.78, 5) is 5.01. The number of halogens is 1. The van der Waals surface area contributed by atoms with E-state index in [-0.39, 0.29) is 4.90 Å². The molecule has 0 bridgehead atoms. The Morgan fingerprint density at radius 2 is 1.96 bits per heavy atom. The van der Waals surface area contributed by atoms with Gasteiger partial charge in [0.15, 0.2) is 15.5 Å². The SMILES string of the molecule is CS(=O)(=O)c1ccc(Nc2cc(C3=CC=CCC=C3)nc3c(Br)cnn23)cc1. The van der Waals surface area contributed by atoms with Gasteiger partial charge in [0.05, 0.1) is 21.3 Å². The normalized spacial score (nSPS) is 14.1. The molecule has 0 saturated carbocycles. The maximum Gasteiger partial charge on any atom is 0.175 e. The van der Waals surface area contributed by atoms with Crippen LogP contribution in [0.2, 0.25) is 0 Å². The van der Waals surface area contributed by atoms with Crippen molar-refractivity contribution in [1.29, 1.82) is 0 Å². The van der Waals surface area contributed by atoms with Crippen LogP contribution in [0.3, 0.4) is 0 Å². The molecule has 0 radical (unpaired) electrons. The Bertz CT molecular complexity index is 1240. The van der Waals surface area contributed by atoms with E-state index in [1.807, 2.05) is 24.3 Å². The molecule has 0 saturated heterocycles. The molecular weight excluding hydrogens is 440 g/mol. The van der Waals surface area contributed by atoms with Gasteiger partial charge in [-0.1, -0.05) is 30.4 Å². The zero-order valence-electron chi connectivity index (χ0n) is 15.0. The molecule has 0 amide bonds. The van der Waals surface area contributed by atoms with Crippen LogP contribution in [0.15, 0.2) is 76.3 Å². The predicted molar refractivity (Wildman–Crippen MR) is 114 cm³/mol. The van der Waals surface area contributed by atoms with Crippen LogP contribution in [0.5, 0.6) is 0 Å². The minimum Gasteiger partial charge on any atom is -0.340 e. The second kappa shape index (κ2) is 7.37. The number of aromatic nitrogens is 3. The minimum atomic E-state index is -3.23. The lowest BCUT2D eigenvalue weighted by atomic mass is 10.1. The zero-order valence-corrected chi connectivity index (χ0v) is 17.4. The van der Waals surface area contributed by atoms with Gasteiger partial charge in [-0.3, -0.25) is 0 Å². The lowest BCUT2D eigenvalue weighted by Crippen LogP contribution is -2.04. The molecule has 1 aliphatic carbocycles. The fraction of sp³-hybridized carbons (Fsp3) is 0.100. The van der Waals surface area contributed by atoms with Crippen molar-refractivity contribution in [1.82, 2.24) is 14.6 Å². The Hall–Kier alpha value is -2.71. The molecule has 142 valence electrons. The van der Waals surface area contributed by atoms with Gasteiger partial charge in [-0.15, -0.1) is 0 Å². The van der Waals surface area contributed by atoms with Crippen molar-refractivity contribution in [2.24, 2.45) is 0 Å². The summed E-state index contributed by atoms with van der Waals surface area (Å²) in [5.74, 6) is 0.723. The lowest BCUT2D eigenvalue weighted by molar-refractivity contribution is 0.602. The van der Waals surface area contributed by atoms with Crippen molar-refractivity contribution in [3.63, 3.8) is 0 Å². The van der Waals surface area contributed by atoms with Crippen LogP contribution in [0.4, 0.5) is 11.5 Å². The Morgan fingerprint density at radius 3 is 2.71 bits per heavy atom. The molecule has 0 unspecified atom stereocenters. The number of allylic oxidation sites excluding steroid dienone is 6. The van der Waals surface area contributed by atoms with Crippen LogP contribution in [0.25, 0.3) is 11.2 Å². The highest BCUT2D eigenvalue weighted by atomic mass is 79.9. The van der Waals surface area contributed by atoms with E-state index in [9.17, 15) is 8.42 Å². The van der Waals surface area contributed by atoms with E-state index in [0.717, 1.165) is 33.7 Å². The van der Waals surface area contributed by atoms with Gasteiger partial charge in [0.25, 0.3) is 0 Å². The number of hydrogen-bond donors (Lipinski definition) is 1. The quantitative estimate of drug-likeness (QED) is 0.623. The molecule has 4 rings (SSSR count). The Morgan fingerprint density at radius 1 is 1.18 bits per heavy atom. The summed E-state index contributed by atoms with van der Waals surface area (Å²) in [6.45, 7) is 0. The van der Waals surface area contributed by atoms with Gasteiger partial charge in [-0.05, 0) is 46.6 Å². The van der Waals surface area contributed by atoms with E-state index >= 15 is 0 Å². The molecule has 8 heteroatoms. The van der Waals surface area contributed by atoms with Crippen molar-refractivity contribution < 1.29 is 8.42 Å². The number of benzene rings is 1. The van der Waals surface area contributed by atoms with E-state index in [2.05, 4.69) is 38.5 Å². The van der Waals surface area contributed by atoms with Crippen LogP contribution in [-0.4, -0.2) is 29.3 Å². The van der Waals surface area contributed by atoms with Gasteiger partial charge in [-0.2, -0.15) is 9.61 Å². The first-order valence-corrected chi connectivity index (χ1v) is 11.3. The third kappa shape index (κ3) is 3.79. The number of anilines is 2. The second-order valence-electron chi connectivity index (χ2n) is 6.36. The highest BCUT2D eigenvalue weighted by Crippen LogP contribution is 2.27. The highest BCUT2D eigenvalue weighted by Gasteiger charge is 2.13. The number of sulfone groups is 1. The van der Waals surface area contributed by atoms with Gasteiger partial charge in [0.2, 0.25) is 0 Å². The molecule has 2 heterocycles. The molecule has 1 aliphatic rings. The summed E-state index contributed by atoms with van der Waals surface area (Å²) in [6.07, 6.45) is 14.0. The third-order valence-corrected chi connectivity index (χ3v) is 5.95. The number of hydrogen-bond acceptors (Lipinski definition) is 5. The van der Waals surface area contributed by atoms with E-state index in [1.54, 1.807) is 35.0 Å². The smallest absolute Gasteiger partial charge is 0.175 e. The van der Waals surface area contributed by atoms with Gasteiger partial charge < -0.3 is 5.32 Å². The Kier molecular flexibility index (Phi) is 4.91. The van der Waals surface area contributed by atoms with E-state index in [4.69, 9.17) is 4.98 Å². The van der Waals surface area contributed by atoms with Crippen molar-refractivity contribution >= 4 is 48.5 Å². The van der Waals surface area contributed by atoms with Crippen molar-refractivity contribution in [3.8, 4) is 0 Å². The largest absolute Gasteiger partial charge is 0.340 e. The first-order valence-electron chi connectivity index (χ1n) is 8.57. The molecular formula is C20H17BrN4O2S. The summed E-state index contributed by atoms with van der Waals surface area (Å²) >= 11 is 3.50. The third-order valence-electron chi connectivity index (χ3n) is 4.26. The lowest BCUT2D eigenvalue weighted by Gasteiger charge is -2.11. The molecule has 6 nitrogen and oxygen atoms in total. The molecule has 3 aromatic rings. The maximum atomic E-state index is 11.7. The van der Waals surface area contributed by atoms with E-state index in [1.165, 1.54) is 6.26 Å². The molecule has 0 fully saturated rings. The average Bonchev–Trinajstić information content (AvgIpc) is 2.87. The van der Waals surface area contributed by atoms with Crippen LogP contribution in [-0.2, 0) is 9.84 Å². The fourth-order valence-corrected chi connectivity index (χ4v) is 3.84. The summed E-state index contributed by atoms with van der Waals surface area (Å²) in [5.41, 5.74) is 3.25. The molecule has 0 spiro atoms. The zero-order chi connectivity index (χ0) is 19.7. The number of rotatable bonds is 4. The van der Waals surface area contributed by atoms with Gasteiger partial charge >= 0.3 is 0 Å². The van der Waals surface area contributed by atoms with Crippen molar-refractivity contribution in [2.75, 3.05) is 11.6 Å². The van der Waals surface area contributed by atoms with Crippen molar-refractivity contribution in [3.05, 3.63) is 77.1 Å². The van der Waals surface area contributed by atoms with Crippen LogP contribution < -0.4 is 5.32 Å². The highest BCUT2D eigenvalue weighted by molar-refractivity contribution is 9.10. The monoisotopic (exact) mass is 456 g/mol. The molecule has 0 atom stereocenters. The Balaban J connectivity index is 1.78. The molecule has 1 N–H and O–H groups in total. The van der Waals surface area contributed by atoms with Crippen LogP contribution in [0, 0.1) is 0 Å². The molecule has 0 aliphatic heterocycles. The number of nitrogens with one attached hydrogen (secondary N) is 1. The summed E-state index contributed by atoms with van der Waals surface area (Å²) in [5, 5.41) is 7.68. The maximum absolute atomic E-state index is 11.7. The number of nitrogens with zero attached hydrogens (tertiary/aromatic N) is 3. The fourth-order valence-electron chi connectivity index (χ4n) is 2.86. The molecule has 2 aromatic heterocycles. The Labute approximate surface area is 171 Å². The molecule has 28 heavy (non-hydrogen) atoms. The van der Waals surface area contributed by atoms with Gasteiger partial charge in [0.1, 0.15) is 5.82 Å². The topological polar surface area (TPSA) is 76.4 Å². The average molecular weight is 457 g/mol. The number of fused-ring (bicyclic) bond motifs is 1. The first kappa shape index (κ1) is 18.6. The first-order chi connectivity index (χ1) is 13.4. The summed E-state index contributed by atoms with van der Waals surface area (Å²) < 4.78 is 25.8. The predicted octanol–water partition coefficient (Wildman–Crippen LogP) is 4.54. The van der Waals surface area contributed by atoms with Crippen LogP contribution in [0.1, 0.15) is 12.1 Å². The van der Waals surface area contributed by atoms with Gasteiger partial charge in [0, 0.05) is 23.6 Å². The second-order valence-corrected chi connectivity index (χ2v) is 9.23. The van der Waals surface area contributed by atoms with Crippen molar-refractivity contribution in [2.45, 2.75) is 11.3 Å².